The van der Waals surface area contributed by atoms with Crippen molar-refractivity contribution < 1.29 is 4.74 Å². The first kappa shape index (κ1) is 5.70. The van der Waals surface area contributed by atoms with E-state index < -0.39 is 0 Å². The molecule has 1 aromatic rings. The molecule has 0 aliphatic carbocycles. The number of rotatable bonds is 0. The Hall–Kier alpha value is -1.06. The second-order valence-electron chi connectivity index (χ2n) is 2.37. The van der Waals surface area contributed by atoms with Gasteiger partial charge in [-0.2, -0.15) is 10.1 Å². The quantitative estimate of drug-likeness (QED) is 0.521. The van der Waals surface area contributed by atoms with Crippen LogP contribution in [0.3, 0.4) is 0 Å². The summed E-state index contributed by atoms with van der Waals surface area (Å²) in [5.74, 6) is 0.789. The highest BCUT2D eigenvalue weighted by atomic mass is 16.5. The molecule has 1 aliphatic heterocycles. The van der Waals surface area contributed by atoms with Crippen molar-refractivity contribution in [3.63, 3.8) is 0 Å². The molecule has 0 N–H and O–H groups in total. The standard InChI is InChI=1S/C6H9N3O/c1-5-7-6-9(8-5)3-2-4-10-6/h2-4H2,1H3. The van der Waals surface area contributed by atoms with Crippen molar-refractivity contribution in [3.8, 4) is 6.01 Å². The van der Waals surface area contributed by atoms with E-state index in [0.717, 1.165) is 25.4 Å². The zero-order chi connectivity index (χ0) is 6.97. The van der Waals surface area contributed by atoms with Crippen LogP contribution in [0.15, 0.2) is 0 Å². The first-order valence-corrected chi connectivity index (χ1v) is 3.40. The van der Waals surface area contributed by atoms with E-state index in [2.05, 4.69) is 10.1 Å². The number of fused-ring (bicyclic) bond motifs is 1. The van der Waals surface area contributed by atoms with Crippen molar-refractivity contribution in [3.05, 3.63) is 5.82 Å². The van der Waals surface area contributed by atoms with Gasteiger partial charge in [0.05, 0.1) is 6.61 Å². The molecule has 10 heavy (non-hydrogen) atoms. The Labute approximate surface area is 58.8 Å². The zero-order valence-electron chi connectivity index (χ0n) is 5.87. The van der Waals surface area contributed by atoms with Gasteiger partial charge < -0.3 is 4.74 Å². The minimum atomic E-state index is 0.670. The average Bonchev–Trinajstić information content (AvgIpc) is 2.27. The highest BCUT2D eigenvalue weighted by Crippen LogP contribution is 2.12. The molecule has 0 aromatic carbocycles. The fourth-order valence-electron chi connectivity index (χ4n) is 1.07. The van der Waals surface area contributed by atoms with Gasteiger partial charge in [-0.15, -0.1) is 0 Å². The van der Waals surface area contributed by atoms with Crippen molar-refractivity contribution in [2.45, 2.75) is 19.9 Å². The van der Waals surface area contributed by atoms with Gasteiger partial charge in [-0.3, -0.25) is 0 Å². The molecular formula is C6H9N3O. The number of hydrogen-bond acceptors (Lipinski definition) is 3. The molecule has 4 heteroatoms. The molecule has 0 radical (unpaired) electrons. The lowest BCUT2D eigenvalue weighted by Gasteiger charge is -2.11. The Morgan fingerprint density at radius 3 is 3.30 bits per heavy atom. The van der Waals surface area contributed by atoms with Gasteiger partial charge in [0.25, 0.3) is 0 Å². The van der Waals surface area contributed by atoms with Crippen LogP contribution in [0.5, 0.6) is 6.01 Å². The summed E-state index contributed by atoms with van der Waals surface area (Å²) in [5, 5.41) is 4.13. The number of aromatic nitrogens is 3. The zero-order valence-corrected chi connectivity index (χ0v) is 5.87. The highest BCUT2D eigenvalue weighted by molar-refractivity contribution is 4.98. The SMILES string of the molecule is Cc1nc2n(n1)CCCO2. The van der Waals surface area contributed by atoms with Crippen molar-refractivity contribution in [1.82, 2.24) is 14.8 Å². The summed E-state index contributed by atoms with van der Waals surface area (Å²) < 4.78 is 7.04. The Bertz CT molecular complexity index is 220. The van der Waals surface area contributed by atoms with Gasteiger partial charge in [0.2, 0.25) is 0 Å². The van der Waals surface area contributed by atoms with E-state index in [9.17, 15) is 0 Å². The number of ether oxygens (including phenoxy) is 1. The number of nitrogens with zero attached hydrogens (tertiary/aromatic N) is 3. The van der Waals surface area contributed by atoms with Crippen LogP contribution in [0, 0.1) is 6.92 Å². The third kappa shape index (κ3) is 0.761. The van der Waals surface area contributed by atoms with E-state index in [0.29, 0.717) is 6.01 Å². The van der Waals surface area contributed by atoms with Crippen LogP contribution in [0.4, 0.5) is 0 Å². The molecule has 0 atom stereocenters. The van der Waals surface area contributed by atoms with Gasteiger partial charge in [0, 0.05) is 13.0 Å². The molecular weight excluding hydrogens is 130 g/mol. The van der Waals surface area contributed by atoms with Crippen LogP contribution in [0.1, 0.15) is 12.2 Å². The second kappa shape index (κ2) is 1.97. The summed E-state index contributed by atoms with van der Waals surface area (Å²) in [6.45, 7) is 3.59. The first-order chi connectivity index (χ1) is 4.86. The lowest BCUT2D eigenvalue weighted by atomic mass is 10.4. The third-order valence-corrected chi connectivity index (χ3v) is 1.49. The molecule has 0 spiro atoms. The maximum Gasteiger partial charge on any atom is 0.314 e. The van der Waals surface area contributed by atoms with E-state index in [1.165, 1.54) is 0 Å². The van der Waals surface area contributed by atoms with Crippen LogP contribution in [0.25, 0.3) is 0 Å². The Morgan fingerprint density at radius 1 is 1.60 bits per heavy atom. The van der Waals surface area contributed by atoms with Gasteiger partial charge in [-0.05, 0) is 6.92 Å². The molecule has 54 valence electrons. The number of hydrogen-bond donors (Lipinski definition) is 0. The third-order valence-electron chi connectivity index (χ3n) is 1.49. The minimum Gasteiger partial charge on any atom is -0.464 e. The van der Waals surface area contributed by atoms with Crippen LogP contribution >= 0.6 is 0 Å². The van der Waals surface area contributed by atoms with Crippen molar-refractivity contribution in [2.24, 2.45) is 0 Å². The first-order valence-electron chi connectivity index (χ1n) is 3.40. The lowest BCUT2D eigenvalue weighted by molar-refractivity contribution is 0.221. The van der Waals surface area contributed by atoms with E-state index >= 15 is 0 Å². The fourth-order valence-corrected chi connectivity index (χ4v) is 1.07. The van der Waals surface area contributed by atoms with Crippen molar-refractivity contribution >= 4 is 0 Å². The summed E-state index contributed by atoms with van der Waals surface area (Å²) in [4.78, 5) is 4.08. The van der Waals surface area contributed by atoms with Crippen molar-refractivity contribution in [2.75, 3.05) is 6.61 Å². The van der Waals surface area contributed by atoms with Crippen molar-refractivity contribution in [1.29, 1.82) is 0 Å². The smallest absolute Gasteiger partial charge is 0.314 e. The predicted molar refractivity (Wildman–Crippen MR) is 34.9 cm³/mol. The van der Waals surface area contributed by atoms with Gasteiger partial charge in [-0.1, -0.05) is 0 Å². The van der Waals surface area contributed by atoms with Gasteiger partial charge in [0.1, 0.15) is 0 Å². The summed E-state index contributed by atoms with van der Waals surface area (Å²) in [6, 6.07) is 0.670. The minimum absolute atomic E-state index is 0.670. The molecule has 1 aromatic heterocycles. The Kier molecular flexibility index (Phi) is 1.12. The van der Waals surface area contributed by atoms with Crippen LogP contribution in [0.2, 0.25) is 0 Å². The molecule has 2 heterocycles. The summed E-state index contributed by atoms with van der Waals surface area (Å²) in [6.07, 6.45) is 1.04. The average molecular weight is 139 g/mol. The summed E-state index contributed by atoms with van der Waals surface area (Å²) in [5.41, 5.74) is 0. The fraction of sp³-hybridized carbons (Fsp3) is 0.667. The molecule has 0 amide bonds. The lowest BCUT2D eigenvalue weighted by Crippen LogP contribution is -2.14. The molecule has 0 saturated heterocycles. The monoisotopic (exact) mass is 139 g/mol. The molecule has 4 nitrogen and oxygen atoms in total. The topological polar surface area (TPSA) is 39.9 Å². The predicted octanol–water partition coefficient (Wildman–Crippen LogP) is 0.369. The molecule has 2 rings (SSSR count). The maximum absolute atomic E-state index is 5.23. The normalized spacial score (nSPS) is 16.1. The highest BCUT2D eigenvalue weighted by Gasteiger charge is 2.11. The van der Waals surface area contributed by atoms with Gasteiger partial charge in [0.15, 0.2) is 5.82 Å². The van der Waals surface area contributed by atoms with E-state index in [1.54, 1.807) is 4.68 Å². The molecule has 0 unspecified atom stereocenters. The largest absolute Gasteiger partial charge is 0.464 e. The Balaban J connectivity index is 2.41. The van der Waals surface area contributed by atoms with E-state index in [4.69, 9.17) is 4.74 Å². The maximum atomic E-state index is 5.23. The van der Waals surface area contributed by atoms with Gasteiger partial charge in [-0.25, -0.2) is 4.68 Å². The molecule has 0 saturated carbocycles. The molecule has 0 bridgehead atoms. The van der Waals surface area contributed by atoms with Crippen LogP contribution in [-0.2, 0) is 6.54 Å². The van der Waals surface area contributed by atoms with Crippen LogP contribution < -0.4 is 4.74 Å². The molecule has 0 fully saturated rings. The van der Waals surface area contributed by atoms with E-state index in [-0.39, 0.29) is 0 Å². The molecule has 1 aliphatic rings. The van der Waals surface area contributed by atoms with Crippen LogP contribution in [-0.4, -0.2) is 21.4 Å². The van der Waals surface area contributed by atoms with E-state index in [1.807, 2.05) is 6.92 Å². The van der Waals surface area contributed by atoms with Gasteiger partial charge >= 0.3 is 6.01 Å². The summed E-state index contributed by atoms with van der Waals surface area (Å²) >= 11 is 0. The Morgan fingerprint density at radius 2 is 2.50 bits per heavy atom. The second-order valence-corrected chi connectivity index (χ2v) is 2.37. The summed E-state index contributed by atoms with van der Waals surface area (Å²) in [7, 11) is 0. The number of aryl methyl sites for hydroxylation is 2.